The van der Waals surface area contributed by atoms with E-state index in [-0.39, 0.29) is 0 Å². The lowest BCUT2D eigenvalue weighted by molar-refractivity contribution is -0.187. The van der Waals surface area contributed by atoms with Gasteiger partial charge in [0.2, 0.25) is 6.86 Å². The largest absolute Gasteiger partial charge is 0.460 e. The molecule has 0 amide bonds. The highest BCUT2D eigenvalue weighted by atomic mass is 19.3. The molecule has 43 heavy (non-hydrogen) atoms. The molecule has 0 aromatic heterocycles. The summed E-state index contributed by atoms with van der Waals surface area (Å²) in [6.07, 6.45) is 7.11. The van der Waals surface area contributed by atoms with E-state index in [1.54, 1.807) is 0 Å². The molecule has 0 bridgehead atoms. The Balaban J connectivity index is 1.17. The molecule has 2 fully saturated rings. The summed E-state index contributed by atoms with van der Waals surface area (Å²) in [6, 6.07) is 13.9. The van der Waals surface area contributed by atoms with Gasteiger partial charge in [0, 0.05) is 12.7 Å². The van der Waals surface area contributed by atoms with Crippen LogP contribution in [0.5, 0.6) is 11.5 Å². The summed E-state index contributed by atoms with van der Waals surface area (Å²) in [5, 5.41) is 0. The van der Waals surface area contributed by atoms with Gasteiger partial charge in [-0.3, -0.25) is 0 Å². The molecule has 2 unspecified atom stereocenters. The van der Waals surface area contributed by atoms with Gasteiger partial charge in [-0.05, 0) is 104 Å². The molecule has 8 heteroatoms. The van der Waals surface area contributed by atoms with Crippen LogP contribution in [0.4, 0.5) is 22.0 Å². The van der Waals surface area contributed by atoms with Crippen molar-refractivity contribution < 1.29 is 36.2 Å². The van der Waals surface area contributed by atoms with E-state index in [0.29, 0.717) is 35.1 Å². The molecule has 2 atom stereocenters. The molecule has 3 nitrogen and oxygen atoms in total. The Bertz CT molecular complexity index is 1330. The lowest BCUT2D eigenvalue weighted by Gasteiger charge is -2.38. The topological polar surface area (TPSA) is 27.7 Å². The monoisotopic (exact) mass is 602 g/mol. The first-order valence-electron chi connectivity index (χ1n) is 15.3. The summed E-state index contributed by atoms with van der Waals surface area (Å²) in [5.41, 5.74) is 1.43. The van der Waals surface area contributed by atoms with Crippen molar-refractivity contribution in [2.45, 2.75) is 82.8 Å². The molecule has 1 aliphatic heterocycles. The highest BCUT2D eigenvalue weighted by molar-refractivity contribution is 5.64. The van der Waals surface area contributed by atoms with Crippen LogP contribution in [0.3, 0.4) is 0 Å². The Kier molecular flexibility index (Phi) is 10.3. The van der Waals surface area contributed by atoms with E-state index in [1.165, 1.54) is 43.7 Å². The zero-order valence-corrected chi connectivity index (χ0v) is 24.5. The van der Waals surface area contributed by atoms with Gasteiger partial charge in [0.25, 0.3) is 0 Å². The molecule has 0 N–H and O–H groups in total. The first-order valence-corrected chi connectivity index (χ1v) is 15.3. The predicted octanol–water partition coefficient (Wildman–Crippen LogP) is 10.3. The van der Waals surface area contributed by atoms with Crippen molar-refractivity contribution in [3.05, 3.63) is 83.4 Å². The fourth-order valence-corrected chi connectivity index (χ4v) is 6.55. The van der Waals surface area contributed by atoms with Crippen molar-refractivity contribution in [2.24, 2.45) is 11.8 Å². The van der Waals surface area contributed by atoms with E-state index in [9.17, 15) is 22.0 Å². The molecular weight excluding hydrogens is 563 g/mol. The minimum absolute atomic E-state index is 0.389. The number of halogens is 5. The molecule has 2 aliphatic rings. The SMILES string of the molecule is CCCCC1CCC(C2CCC(c3ccc(-c4ccc(C(F)(F)Oc5ccc(OCF)c(F)c5)c(F)c4)cc3)CC2)OC1. The van der Waals surface area contributed by atoms with E-state index in [0.717, 1.165) is 62.5 Å². The first-order chi connectivity index (χ1) is 20.8. The van der Waals surface area contributed by atoms with Crippen LogP contribution in [0, 0.1) is 23.5 Å². The highest BCUT2D eigenvalue weighted by Crippen LogP contribution is 2.41. The van der Waals surface area contributed by atoms with Crippen LogP contribution in [0.2, 0.25) is 0 Å². The van der Waals surface area contributed by atoms with Crippen molar-refractivity contribution in [1.29, 1.82) is 0 Å². The van der Waals surface area contributed by atoms with Crippen molar-refractivity contribution in [1.82, 2.24) is 0 Å². The van der Waals surface area contributed by atoms with Gasteiger partial charge in [-0.15, -0.1) is 0 Å². The number of hydrogen-bond acceptors (Lipinski definition) is 3. The number of unbranched alkanes of at least 4 members (excludes halogenated alkanes) is 1. The van der Waals surface area contributed by atoms with Crippen molar-refractivity contribution in [3.8, 4) is 22.6 Å². The molecule has 1 saturated carbocycles. The van der Waals surface area contributed by atoms with Crippen LogP contribution in [0.15, 0.2) is 60.7 Å². The van der Waals surface area contributed by atoms with Crippen LogP contribution in [-0.2, 0) is 10.8 Å². The van der Waals surface area contributed by atoms with Crippen molar-refractivity contribution in [2.75, 3.05) is 13.5 Å². The molecule has 1 heterocycles. The minimum atomic E-state index is -4.07. The van der Waals surface area contributed by atoms with Crippen LogP contribution < -0.4 is 9.47 Å². The molecule has 3 aromatic carbocycles. The zero-order chi connectivity index (χ0) is 30.4. The number of rotatable bonds is 11. The molecule has 1 saturated heterocycles. The number of hydrogen-bond donors (Lipinski definition) is 0. The molecule has 5 rings (SSSR count). The Morgan fingerprint density at radius 2 is 1.58 bits per heavy atom. The van der Waals surface area contributed by atoms with E-state index in [4.69, 9.17) is 4.74 Å². The normalized spacial score (nSPS) is 22.7. The van der Waals surface area contributed by atoms with Crippen LogP contribution in [0.1, 0.15) is 81.8 Å². The van der Waals surface area contributed by atoms with Gasteiger partial charge in [0.15, 0.2) is 11.6 Å². The molecule has 1 aliphatic carbocycles. The third-order valence-corrected chi connectivity index (χ3v) is 9.03. The Labute approximate surface area is 250 Å². The van der Waals surface area contributed by atoms with Crippen molar-refractivity contribution >= 4 is 0 Å². The van der Waals surface area contributed by atoms with Crippen LogP contribution in [-0.4, -0.2) is 19.6 Å². The summed E-state index contributed by atoms with van der Waals surface area (Å²) in [6.45, 7) is 1.87. The van der Waals surface area contributed by atoms with Gasteiger partial charge in [0.05, 0.1) is 11.7 Å². The summed E-state index contributed by atoms with van der Waals surface area (Å²) >= 11 is 0. The van der Waals surface area contributed by atoms with Gasteiger partial charge >= 0.3 is 6.11 Å². The zero-order valence-electron chi connectivity index (χ0n) is 24.5. The lowest BCUT2D eigenvalue weighted by atomic mass is 9.75. The quantitative estimate of drug-likeness (QED) is 0.204. The van der Waals surface area contributed by atoms with E-state index in [2.05, 4.69) is 16.4 Å². The summed E-state index contributed by atoms with van der Waals surface area (Å²) in [5.74, 6) is -1.41. The fraction of sp³-hybridized carbons (Fsp3) is 0.486. The minimum Gasteiger partial charge on any atom is -0.460 e. The van der Waals surface area contributed by atoms with Gasteiger partial charge in [0.1, 0.15) is 11.6 Å². The second kappa shape index (κ2) is 14.1. The van der Waals surface area contributed by atoms with E-state index < -0.39 is 41.7 Å². The van der Waals surface area contributed by atoms with Gasteiger partial charge < -0.3 is 14.2 Å². The van der Waals surface area contributed by atoms with E-state index >= 15 is 0 Å². The number of ether oxygens (including phenoxy) is 3. The average Bonchev–Trinajstić information content (AvgIpc) is 3.01. The second-order valence-corrected chi connectivity index (χ2v) is 11.9. The summed E-state index contributed by atoms with van der Waals surface area (Å²) in [4.78, 5) is 0. The third-order valence-electron chi connectivity index (χ3n) is 9.03. The maximum absolute atomic E-state index is 14.9. The van der Waals surface area contributed by atoms with Gasteiger partial charge in [-0.2, -0.15) is 8.78 Å². The maximum atomic E-state index is 14.9. The number of alkyl halides is 3. The van der Waals surface area contributed by atoms with E-state index in [1.807, 2.05) is 24.3 Å². The summed E-state index contributed by atoms with van der Waals surface area (Å²) in [7, 11) is 0. The number of benzene rings is 3. The highest BCUT2D eigenvalue weighted by Gasteiger charge is 2.38. The maximum Gasteiger partial charge on any atom is 0.429 e. The standard InChI is InChI=1S/C35H39F5O3/c1-2-3-4-23-5-17-33(41-21-23)27-12-10-25(11-13-27)24-6-8-26(9-7-24)28-14-16-30(31(37)19-28)35(39,40)43-29-15-18-34(42-22-36)32(38)20-29/h6-9,14-16,18-20,23,25,27,33H,2-5,10-13,17,21-22H2,1H3. The van der Waals surface area contributed by atoms with Crippen molar-refractivity contribution in [3.63, 3.8) is 0 Å². The second-order valence-electron chi connectivity index (χ2n) is 11.9. The average molecular weight is 603 g/mol. The molecule has 0 radical (unpaired) electrons. The fourth-order valence-electron chi connectivity index (χ4n) is 6.55. The Morgan fingerprint density at radius 3 is 2.21 bits per heavy atom. The van der Waals surface area contributed by atoms with Gasteiger partial charge in [-0.25, -0.2) is 13.2 Å². The molecule has 3 aromatic rings. The Hall–Kier alpha value is -3.13. The van der Waals surface area contributed by atoms with Crippen LogP contribution in [0.25, 0.3) is 11.1 Å². The lowest BCUT2D eigenvalue weighted by Crippen LogP contribution is -2.34. The van der Waals surface area contributed by atoms with Gasteiger partial charge in [-0.1, -0.05) is 50.1 Å². The molecule has 0 spiro atoms. The third kappa shape index (κ3) is 7.69. The Morgan fingerprint density at radius 1 is 0.837 bits per heavy atom. The molecular formula is C35H39F5O3. The van der Waals surface area contributed by atoms with Crippen LogP contribution >= 0.6 is 0 Å². The molecule has 232 valence electrons. The predicted molar refractivity (Wildman–Crippen MR) is 156 cm³/mol. The summed E-state index contributed by atoms with van der Waals surface area (Å²) < 4.78 is 86.0. The first kappa shape index (κ1) is 31.3. The smallest absolute Gasteiger partial charge is 0.429 e.